The van der Waals surface area contributed by atoms with Crippen LogP contribution in [-0.2, 0) is 10.2 Å². The number of hydrogen-bond acceptors (Lipinski definition) is 8. The highest BCUT2D eigenvalue weighted by Crippen LogP contribution is 2.32. The molecule has 10 nitrogen and oxygen atoms in total. The number of urea groups is 1. The molecule has 190 valence electrons. The van der Waals surface area contributed by atoms with Crippen LogP contribution >= 0.6 is 11.3 Å². The highest BCUT2D eigenvalue weighted by molar-refractivity contribution is 7.23. The van der Waals surface area contributed by atoms with Crippen LogP contribution in [0.5, 0.6) is 5.75 Å². The van der Waals surface area contributed by atoms with Crippen LogP contribution in [0.1, 0.15) is 33.5 Å². The molecule has 0 saturated heterocycles. The molecule has 0 saturated carbocycles. The molecular weight excluding hydrogens is 494 g/mol. The van der Waals surface area contributed by atoms with Crippen molar-refractivity contribution in [2.45, 2.75) is 33.1 Å². The van der Waals surface area contributed by atoms with Crippen molar-refractivity contribution in [3.8, 4) is 17.0 Å². The number of carbonyl (C=O) groups excluding carboxylic acids is 2. The number of fused-ring (bicyclic) bond motifs is 3. The van der Waals surface area contributed by atoms with Gasteiger partial charge in [0.25, 0.3) is 0 Å². The second kappa shape index (κ2) is 9.58. The van der Waals surface area contributed by atoms with Gasteiger partial charge in [0.15, 0.2) is 10.8 Å². The van der Waals surface area contributed by atoms with Gasteiger partial charge in [-0.15, -0.1) is 0 Å². The predicted molar refractivity (Wildman–Crippen MR) is 142 cm³/mol. The highest BCUT2D eigenvalue weighted by Gasteiger charge is 2.20. The smallest absolute Gasteiger partial charge is 0.434 e. The maximum atomic E-state index is 12.4. The topological polar surface area (TPSA) is 120 Å². The Balaban J connectivity index is 1.27. The van der Waals surface area contributed by atoms with E-state index in [4.69, 9.17) is 19.0 Å². The van der Waals surface area contributed by atoms with E-state index in [0.29, 0.717) is 23.0 Å². The standard InChI is InChI=1S/C26H25N5O5S/c1-5-34-25(33)35-17-10-11-19-20(12-17)37-24-28-18(14-31(19)24)15-6-8-16(9-7-15)27-23(32)29-22-13-21(36-30-22)26(2,3)4/h6-14H,5H2,1-4H3,(H2,27,29,30,32). The van der Waals surface area contributed by atoms with E-state index >= 15 is 0 Å². The summed E-state index contributed by atoms with van der Waals surface area (Å²) in [6.07, 6.45) is 1.22. The number of carbonyl (C=O) groups is 2. The van der Waals surface area contributed by atoms with Crippen LogP contribution < -0.4 is 15.4 Å². The maximum Gasteiger partial charge on any atom is 0.513 e. The number of nitrogens with one attached hydrogen (secondary N) is 2. The fourth-order valence-electron chi connectivity index (χ4n) is 3.62. The molecule has 5 aromatic rings. The first kappa shape index (κ1) is 24.3. The van der Waals surface area contributed by atoms with Gasteiger partial charge in [-0.3, -0.25) is 9.72 Å². The summed E-state index contributed by atoms with van der Waals surface area (Å²) in [5, 5.41) is 9.36. The van der Waals surface area contributed by atoms with E-state index in [1.165, 1.54) is 11.3 Å². The van der Waals surface area contributed by atoms with Crippen molar-refractivity contribution in [1.29, 1.82) is 0 Å². The summed E-state index contributed by atoms with van der Waals surface area (Å²) in [7, 11) is 0. The zero-order valence-corrected chi connectivity index (χ0v) is 21.5. The van der Waals surface area contributed by atoms with E-state index in [9.17, 15) is 9.59 Å². The Morgan fingerprint density at radius 2 is 1.86 bits per heavy atom. The maximum absolute atomic E-state index is 12.4. The molecule has 0 radical (unpaired) electrons. The molecule has 0 aliphatic rings. The molecular formula is C26H25N5O5S. The number of ether oxygens (including phenoxy) is 2. The molecule has 37 heavy (non-hydrogen) atoms. The Morgan fingerprint density at radius 3 is 2.57 bits per heavy atom. The summed E-state index contributed by atoms with van der Waals surface area (Å²) in [6.45, 7) is 7.99. The van der Waals surface area contributed by atoms with Crippen molar-refractivity contribution in [3.63, 3.8) is 0 Å². The first-order valence-electron chi connectivity index (χ1n) is 11.6. The molecule has 0 unspecified atom stereocenters. The lowest BCUT2D eigenvalue weighted by Crippen LogP contribution is -2.19. The molecule has 0 aliphatic heterocycles. The molecule has 3 heterocycles. The zero-order chi connectivity index (χ0) is 26.2. The number of thiazole rings is 1. The van der Waals surface area contributed by atoms with E-state index in [-0.39, 0.29) is 12.0 Å². The Bertz CT molecular complexity index is 1590. The number of rotatable bonds is 5. The van der Waals surface area contributed by atoms with Gasteiger partial charge in [0, 0.05) is 35.0 Å². The molecule has 0 fully saturated rings. The van der Waals surface area contributed by atoms with Crippen LogP contribution in [0.25, 0.3) is 26.4 Å². The monoisotopic (exact) mass is 519 g/mol. The third-order valence-electron chi connectivity index (χ3n) is 5.46. The lowest BCUT2D eigenvalue weighted by molar-refractivity contribution is 0.104. The van der Waals surface area contributed by atoms with Crippen molar-refractivity contribution < 1.29 is 23.6 Å². The molecule has 2 aromatic carbocycles. The first-order valence-corrected chi connectivity index (χ1v) is 12.4. The van der Waals surface area contributed by atoms with Gasteiger partial charge in [-0.1, -0.05) is 49.4 Å². The molecule has 0 bridgehead atoms. The quantitative estimate of drug-likeness (QED) is 0.196. The number of hydrogen-bond donors (Lipinski definition) is 2. The summed E-state index contributed by atoms with van der Waals surface area (Å²) >= 11 is 1.49. The molecule has 0 aliphatic carbocycles. The third-order valence-corrected chi connectivity index (χ3v) is 6.48. The second-order valence-electron chi connectivity index (χ2n) is 9.28. The summed E-state index contributed by atoms with van der Waals surface area (Å²) in [5.41, 5.74) is 3.08. The number of nitrogens with zero attached hydrogens (tertiary/aromatic N) is 3. The number of imidazole rings is 1. The minimum absolute atomic E-state index is 0.200. The van der Waals surface area contributed by atoms with E-state index in [2.05, 4.69) is 15.8 Å². The highest BCUT2D eigenvalue weighted by atomic mass is 32.1. The van der Waals surface area contributed by atoms with E-state index in [1.54, 1.807) is 25.1 Å². The number of benzene rings is 2. The lowest BCUT2D eigenvalue weighted by Gasteiger charge is -2.12. The summed E-state index contributed by atoms with van der Waals surface area (Å²) < 4.78 is 18.2. The average molecular weight is 520 g/mol. The Morgan fingerprint density at radius 1 is 1.08 bits per heavy atom. The van der Waals surface area contributed by atoms with Crippen molar-refractivity contribution in [2.75, 3.05) is 17.2 Å². The van der Waals surface area contributed by atoms with Gasteiger partial charge in [0.05, 0.1) is 22.5 Å². The van der Waals surface area contributed by atoms with Gasteiger partial charge < -0.3 is 19.3 Å². The van der Waals surface area contributed by atoms with Crippen LogP contribution in [0.15, 0.2) is 59.3 Å². The number of aromatic nitrogens is 3. The molecule has 0 spiro atoms. The van der Waals surface area contributed by atoms with Crippen LogP contribution in [0.2, 0.25) is 0 Å². The van der Waals surface area contributed by atoms with Crippen LogP contribution in [0.4, 0.5) is 21.1 Å². The molecule has 0 atom stereocenters. The Labute approximate surface area is 216 Å². The predicted octanol–water partition coefficient (Wildman–Crippen LogP) is 6.68. The summed E-state index contributed by atoms with van der Waals surface area (Å²) in [6, 6.07) is 14.1. The number of amides is 2. The minimum atomic E-state index is -0.728. The van der Waals surface area contributed by atoms with Crippen LogP contribution in [0, 0.1) is 0 Å². The van der Waals surface area contributed by atoms with Gasteiger partial charge in [-0.2, -0.15) is 0 Å². The van der Waals surface area contributed by atoms with Crippen LogP contribution in [-0.4, -0.2) is 33.3 Å². The second-order valence-corrected chi connectivity index (χ2v) is 10.3. The number of anilines is 2. The Hall–Kier alpha value is -4.38. The van der Waals surface area contributed by atoms with Gasteiger partial charge in [0.1, 0.15) is 11.5 Å². The van der Waals surface area contributed by atoms with E-state index in [1.807, 2.05) is 61.7 Å². The van der Waals surface area contributed by atoms with E-state index < -0.39 is 12.2 Å². The third kappa shape index (κ3) is 5.26. The van der Waals surface area contributed by atoms with Gasteiger partial charge >= 0.3 is 12.2 Å². The summed E-state index contributed by atoms with van der Waals surface area (Å²) in [4.78, 5) is 29.5. The fraction of sp³-hybridized carbons (Fsp3) is 0.231. The molecule has 5 rings (SSSR count). The van der Waals surface area contributed by atoms with Gasteiger partial charge in [0.2, 0.25) is 0 Å². The molecule has 3 aromatic heterocycles. The van der Waals surface area contributed by atoms with Crippen LogP contribution in [0.3, 0.4) is 0 Å². The van der Waals surface area contributed by atoms with E-state index in [0.717, 1.165) is 26.4 Å². The fourth-order valence-corrected chi connectivity index (χ4v) is 4.65. The average Bonchev–Trinajstić information content (AvgIpc) is 3.54. The van der Waals surface area contributed by atoms with Crippen molar-refractivity contribution in [3.05, 3.63) is 60.5 Å². The first-order chi connectivity index (χ1) is 17.7. The van der Waals surface area contributed by atoms with Crippen molar-refractivity contribution >= 4 is 50.2 Å². The minimum Gasteiger partial charge on any atom is -0.434 e. The van der Waals surface area contributed by atoms with Crippen molar-refractivity contribution in [1.82, 2.24) is 14.5 Å². The largest absolute Gasteiger partial charge is 0.513 e. The Kier molecular flexibility index (Phi) is 6.30. The SMILES string of the molecule is CCOC(=O)Oc1ccc2c(c1)sc1nc(-c3ccc(NC(=O)Nc4cc(C(C)(C)C)on4)cc3)cn12. The molecule has 2 amide bonds. The molecule has 2 N–H and O–H groups in total. The van der Waals surface area contributed by atoms with Gasteiger partial charge in [-0.25, -0.2) is 14.6 Å². The van der Waals surface area contributed by atoms with Gasteiger partial charge in [-0.05, 0) is 31.2 Å². The molecule has 11 heteroatoms. The summed E-state index contributed by atoms with van der Waals surface area (Å²) in [5.74, 6) is 1.45. The lowest BCUT2D eigenvalue weighted by atomic mass is 9.93. The van der Waals surface area contributed by atoms with Crippen molar-refractivity contribution in [2.24, 2.45) is 0 Å². The zero-order valence-electron chi connectivity index (χ0n) is 20.7. The normalized spacial score (nSPS) is 11.6.